The molecule has 378 valence electrons. The lowest BCUT2D eigenvalue weighted by atomic mass is 9.99. The molecule has 0 aromatic heterocycles. The van der Waals surface area contributed by atoms with Gasteiger partial charge in [0.05, 0.1) is 25.4 Å². The maximum Gasteiger partial charge on any atom is 0.306 e. The van der Waals surface area contributed by atoms with Crippen molar-refractivity contribution >= 4 is 11.9 Å². The highest BCUT2D eigenvalue weighted by molar-refractivity contribution is 5.80. The summed E-state index contributed by atoms with van der Waals surface area (Å²) in [6.07, 6.45) is 38.8. The normalized spacial score (nSPS) is 20.6. The van der Waals surface area contributed by atoms with Crippen molar-refractivity contribution in [1.82, 2.24) is 5.32 Å². The van der Waals surface area contributed by atoms with Crippen molar-refractivity contribution in [2.45, 2.75) is 269 Å². The van der Waals surface area contributed by atoms with Crippen LogP contribution in [0, 0.1) is 0 Å². The lowest BCUT2D eigenvalue weighted by molar-refractivity contribution is -0.305. The second-order valence-corrected chi connectivity index (χ2v) is 18.2. The molecule has 8 unspecified atom stereocenters. The molecule has 1 aliphatic rings. The number of ether oxygens (including phenoxy) is 3. The van der Waals surface area contributed by atoms with Crippen molar-refractivity contribution in [3.05, 3.63) is 48.6 Å². The first-order chi connectivity index (χ1) is 31.7. The van der Waals surface area contributed by atoms with Crippen LogP contribution in [-0.2, 0) is 23.8 Å². The molecule has 11 nitrogen and oxygen atoms in total. The Hall–Kier alpha value is -2.38. The third-order valence-corrected chi connectivity index (χ3v) is 12.2. The van der Waals surface area contributed by atoms with E-state index in [0.29, 0.717) is 19.3 Å². The van der Waals surface area contributed by atoms with Crippen molar-refractivity contribution in [1.29, 1.82) is 0 Å². The molecular weight excluding hydrogens is 823 g/mol. The zero-order chi connectivity index (χ0) is 47.6. The predicted octanol–water partition coefficient (Wildman–Crippen LogP) is 10.9. The summed E-state index contributed by atoms with van der Waals surface area (Å²) in [6.45, 7) is 5.61. The lowest BCUT2D eigenvalue weighted by Gasteiger charge is -2.41. The van der Waals surface area contributed by atoms with E-state index in [2.05, 4.69) is 62.5 Å². The number of aliphatic hydroxyl groups is 5. The van der Waals surface area contributed by atoms with Crippen LogP contribution < -0.4 is 5.32 Å². The number of amides is 1. The number of hydrogen-bond donors (Lipinski definition) is 6. The van der Waals surface area contributed by atoms with E-state index in [-0.39, 0.29) is 13.0 Å². The van der Waals surface area contributed by atoms with E-state index in [0.717, 1.165) is 83.5 Å². The highest BCUT2D eigenvalue weighted by Gasteiger charge is 2.47. The van der Waals surface area contributed by atoms with Gasteiger partial charge in [0.1, 0.15) is 24.4 Å². The van der Waals surface area contributed by atoms with Crippen molar-refractivity contribution in [3.63, 3.8) is 0 Å². The van der Waals surface area contributed by atoms with Crippen LogP contribution in [0.1, 0.15) is 220 Å². The Labute approximate surface area is 396 Å². The molecule has 1 amide bonds. The Kier molecular flexibility index (Phi) is 40.1. The molecule has 0 aromatic carbocycles. The zero-order valence-corrected chi connectivity index (χ0v) is 41.3. The average molecular weight is 920 g/mol. The van der Waals surface area contributed by atoms with Crippen molar-refractivity contribution < 1.29 is 49.3 Å². The van der Waals surface area contributed by atoms with E-state index in [1.54, 1.807) is 6.08 Å². The number of aliphatic hydroxyl groups excluding tert-OH is 5. The largest absolute Gasteiger partial charge is 0.454 e. The number of unbranched alkanes of at least 4 members (excludes halogenated alkanes) is 23. The third kappa shape index (κ3) is 32.1. The fraction of sp³-hybridized carbons (Fsp3) is 0.815. The Bertz CT molecular complexity index is 1240. The minimum atomic E-state index is -1.62. The number of allylic oxidation sites excluding steroid dienone is 7. The molecule has 0 bridgehead atoms. The van der Waals surface area contributed by atoms with Gasteiger partial charge in [0.25, 0.3) is 0 Å². The number of esters is 1. The van der Waals surface area contributed by atoms with Crippen LogP contribution in [0.2, 0.25) is 0 Å². The predicted molar refractivity (Wildman–Crippen MR) is 264 cm³/mol. The number of carbonyl (C=O) groups is 2. The zero-order valence-electron chi connectivity index (χ0n) is 41.3. The van der Waals surface area contributed by atoms with Crippen LogP contribution in [-0.4, -0.2) is 99.6 Å². The number of carbonyl (C=O) groups excluding carboxylic acids is 2. The second-order valence-electron chi connectivity index (χ2n) is 18.2. The molecule has 11 heteroatoms. The summed E-state index contributed by atoms with van der Waals surface area (Å²) in [7, 11) is 0. The summed E-state index contributed by atoms with van der Waals surface area (Å²) >= 11 is 0. The number of rotatable bonds is 43. The van der Waals surface area contributed by atoms with E-state index >= 15 is 0 Å². The number of nitrogens with one attached hydrogen (secondary N) is 1. The SMILES string of the molecule is CC/C=C/C/C=C/C/C=C/CCCCCCC(=O)OC1C(OCC(NC(=O)C(O)CCCCCCCCCCCC)C(O)/C=C/CCCCCCCCCCCC)OC(CO)C(O)C1O. The monoisotopic (exact) mass is 920 g/mol. The van der Waals surface area contributed by atoms with E-state index in [1.807, 2.05) is 6.08 Å². The van der Waals surface area contributed by atoms with Gasteiger partial charge < -0.3 is 45.1 Å². The maximum absolute atomic E-state index is 13.3. The highest BCUT2D eigenvalue weighted by atomic mass is 16.7. The van der Waals surface area contributed by atoms with Gasteiger partial charge in [0.15, 0.2) is 12.4 Å². The van der Waals surface area contributed by atoms with E-state index in [1.165, 1.54) is 89.9 Å². The van der Waals surface area contributed by atoms with Crippen LogP contribution in [0.3, 0.4) is 0 Å². The minimum absolute atomic E-state index is 0.0980. The molecule has 1 fully saturated rings. The van der Waals surface area contributed by atoms with Gasteiger partial charge in [-0.05, 0) is 57.8 Å². The quantitative estimate of drug-likeness (QED) is 0.0196. The summed E-state index contributed by atoms with van der Waals surface area (Å²) in [5.41, 5.74) is 0. The van der Waals surface area contributed by atoms with E-state index < -0.39 is 67.4 Å². The van der Waals surface area contributed by atoms with Crippen molar-refractivity contribution in [2.75, 3.05) is 13.2 Å². The van der Waals surface area contributed by atoms with Crippen LogP contribution in [0.4, 0.5) is 0 Å². The molecule has 65 heavy (non-hydrogen) atoms. The fourth-order valence-corrected chi connectivity index (χ4v) is 8.02. The Morgan fingerprint density at radius 3 is 1.66 bits per heavy atom. The van der Waals surface area contributed by atoms with Gasteiger partial charge in [-0.3, -0.25) is 9.59 Å². The first-order valence-corrected chi connectivity index (χ1v) is 26.4. The van der Waals surface area contributed by atoms with Gasteiger partial charge in [-0.2, -0.15) is 0 Å². The van der Waals surface area contributed by atoms with Crippen molar-refractivity contribution in [3.8, 4) is 0 Å². The highest BCUT2D eigenvalue weighted by Crippen LogP contribution is 2.26. The van der Waals surface area contributed by atoms with E-state index in [4.69, 9.17) is 14.2 Å². The molecule has 1 saturated heterocycles. The Morgan fingerprint density at radius 1 is 0.615 bits per heavy atom. The summed E-state index contributed by atoms with van der Waals surface area (Å²) < 4.78 is 17.5. The molecule has 8 atom stereocenters. The number of hydrogen-bond acceptors (Lipinski definition) is 10. The van der Waals surface area contributed by atoms with Crippen LogP contribution in [0.15, 0.2) is 48.6 Å². The topological polar surface area (TPSA) is 175 Å². The maximum atomic E-state index is 13.3. The second kappa shape index (κ2) is 42.9. The summed E-state index contributed by atoms with van der Waals surface area (Å²) in [5, 5.41) is 56.5. The van der Waals surface area contributed by atoms with Crippen LogP contribution in [0.25, 0.3) is 0 Å². The van der Waals surface area contributed by atoms with Crippen LogP contribution in [0.5, 0.6) is 0 Å². The Balaban J connectivity index is 2.79. The third-order valence-electron chi connectivity index (χ3n) is 12.2. The minimum Gasteiger partial charge on any atom is -0.454 e. The molecule has 0 radical (unpaired) electrons. The molecule has 0 saturated carbocycles. The van der Waals surface area contributed by atoms with Crippen molar-refractivity contribution in [2.24, 2.45) is 0 Å². The van der Waals surface area contributed by atoms with Crippen LogP contribution >= 0.6 is 0 Å². The molecule has 1 heterocycles. The Morgan fingerprint density at radius 2 is 1.11 bits per heavy atom. The van der Waals surface area contributed by atoms with Gasteiger partial charge in [-0.1, -0.05) is 204 Å². The van der Waals surface area contributed by atoms with Gasteiger partial charge in [-0.25, -0.2) is 0 Å². The standard InChI is InChI=1S/C54H97NO10/c1-4-7-10-13-16-19-22-24-25-27-30-33-36-39-42-49(59)65-52-51(61)50(60)48(43-56)64-54(52)63-44-45(46(57)40-37-34-31-29-26-23-20-17-14-11-8-5-2)55-53(62)47(58)41-38-35-32-28-21-18-15-12-9-6-3/h7,10,16,19,24-25,37,40,45-48,50-52,54,56-58,60-61H,4-6,8-9,11-15,17-18,20-23,26-36,38-39,41-44H2,1-3H3,(H,55,62)/b10-7+,19-16+,25-24+,40-37+. The molecule has 1 rings (SSSR count). The molecule has 6 N–H and O–H groups in total. The summed E-state index contributed by atoms with van der Waals surface area (Å²) in [4.78, 5) is 26.3. The molecule has 1 aliphatic heterocycles. The molecular formula is C54H97NO10. The lowest BCUT2D eigenvalue weighted by Crippen LogP contribution is -2.61. The van der Waals surface area contributed by atoms with Gasteiger partial charge in [0, 0.05) is 6.42 Å². The molecule has 0 spiro atoms. The summed E-state index contributed by atoms with van der Waals surface area (Å²) in [5.74, 6) is -1.22. The first-order valence-electron chi connectivity index (χ1n) is 26.4. The summed E-state index contributed by atoms with van der Waals surface area (Å²) in [6, 6.07) is -1.02. The van der Waals surface area contributed by atoms with E-state index in [9.17, 15) is 35.1 Å². The average Bonchev–Trinajstić information content (AvgIpc) is 3.30. The van der Waals surface area contributed by atoms with Gasteiger partial charge >= 0.3 is 5.97 Å². The first kappa shape index (κ1) is 60.6. The molecule has 0 aromatic rings. The molecule has 0 aliphatic carbocycles. The smallest absolute Gasteiger partial charge is 0.306 e. The fourth-order valence-electron chi connectivity index (χ4n) is 8.02. The van der Waals surface area contributed by atoms with Gasteiger partial charge in [-0.15, -0.1) is 0 Å². The van der Waals surface area contributed by atoms with Gasteiger partial charge in [0.2, 0.25) is 5.91 Å².